The third-order valence-corrected chi connectivity index (χ3v) is 4.48. The number of likely N-dealkylation sites (tertiary alicyclic amines) is 1. The number of halogens is 1. The average molecular weight is 278 g/mol. The van der Waals surface area contributed by atoms with Gasteiger partial charge in [-0.25, -0.2) is 4.39 Å². The van der Waals surface area contributed by atoms with Crippen LogP contribution in [0.1, 0.15) is 43.9 Å². The molecule has 2 atom stereocenters. The van der Waals surface area contributed by atoms with E-state index in [-0.39, 0.29) is 5.82 Å². The molecule has 1 fully saturated rings. The first-order chi connectivity index (χ1) is 9.54. The molecule has 0 saturated carbocycles. The van der Waals surface area contributed by atoms with Crippen molar-refractivity contribution in [3.63, 3.8) is 0 Å². The summed E-state index contributed by atoms with van der Waals surface area (Å²) >= 11 is 0. The third-order valence-electron chi connectivity index (χ3n) is 4.48. The summed E-state index contributed by atoms with van der Waals surface area (Å²) in [4.78, 5) is 2.58. The number of piperidine rings is 1. The van der Waals surface area contributed by atoms with Crippen LogP contribution in [0.15, 0.2) is 18.2 Å². The van der Waals surface area contributed by atoms with Crippen molar-refractivity contribution in [1.82, 2.24) is 10.2 Å². The molecule has 1 heterocycles. The fourth-order valence-electron chi connectivity index (χ4n) is 3.56. The zero-order valence-corrected chi connectivity index (χ0v) is 13.1. The second kappa shape index (κ2) is 6.68. The van der Waals surface area contributed by atoms with E-state index >= 15 is 0 Å². The molecular weight excluding hydrogens is 251 g/mol. The topological polar surface area (TPSA) is 15.3 Å². The molecule has 2 rings (SSSR count). The molecule has 0 bridgehead atoms. The van der Waals surface area contributed by atoms with Crippen LogP contribution in [0.5, 0.6) is 0 Å². The highest BCUT2D eigenvalue weighted by molar-refractivity contribution is 5.30. The van der Waals surface area contributed by atoms with E-state index in [0.29, 0.717) is 18.0 Å². The van der Waals surface area contributed by atoms with Crippen molar-refractivity contribution in [3.8, 4) is 0 Å². The maximum atomic E-state index is 13.4. The van der Waals surface area contributed by atoms with E-state index in [9.17, 15) is 4.39 Å². The lowest BCUT2D eigenvalue weighted by molar-refractivity contribution is 0.0632. The minimum atomic E-state index is -0.136. The molecule has 20 heavy (non-hydrogen) atoms. The Morgan fingerprint density at radius 2 is 2.15 bits per heavy atom. The Labute approximate surface area is 122 Å². The predicted octanol–water partition coefficient (Wildman–Crippen LogP) is 3.52. The number of nitrogens with zero attached hydrogens (tertiary/aromatic N) is 1. The van der Waals surface area contributed by atoms with Gasteiger partial charge in [-0.3, -0.25) is 4.90 Å². The Morgan fingerprint density at radius 3 is 2.75 bits per heavy atom. The van der Waals surface area contributed by atoms with Crippen molar-refractivity contribution in [2.45, 2.75) is 45.7 Å². The summed E-state index contributed by atoms with van der Waals surface area (Å²) in [6.45, 7) is 8.70. The van der Waals surface area contributed by atoms with E-state index < -0.39 is 0 Å². The largest absolute Gasteiger partial charge is 0.319 e. The van der Waals surface area contributed by atoms with E-state index in [4.69, 9.17) is 0 Å². The van der Waals surface area contributed by atoms with Crippen molar-refractivity contribution in [2.24, 2.45) is 5.92 Å². The van der Waals surface area contributed by atoms with Crippen LogP contribution < -0.4 is 5.32 Å². The lowest BCUT2D eigenvalue weighted by Gasteiger charge is -2.44. The molecule has 0 spiro atoms. The average Bonchev–Trinajstić information content (AvgIpc) is 2.39. The normalized spacial score (nSPS) is 24.3. The first-order valence-corrected chi connectivity index (χ1v) is 7.71. The molecule has 1 aliphatic heterocycles. The van der Waals surface area contributed by atoms with Crippen molar-refractivity contribution in [1.29, 1.82) is 0 Å². The quantitative estimate of drug-likeness (QED) is 0.906. The van der Waals surface area contributed by atoms with Gasteiger partial charge < -0.3 is 5.32 Å². The fraction of sp³-hybridized carbons (Fsp3) is 0.647. The molecule has 0 aromatic heterocycles. The Hall–Kier alpha value is -0.930. The summed E-state index contributed by atoms with van der Waals surface area (Å²) in [6, 6.07) is 6.17. The fourth-order valence-corrected chi connectivity index (χ4v) is 3.56. The van der Waals surface area contributed by atoms with Crippen molar-refractivity contribution < 1.29 is 4.39 Å². The Balaban J connectivity index is 2.37. The third kappa shape index (κ3) is 3.21. The molecule has 2 nitrogen and oxygen atoms in total. The second-order valence-corrected chi connectivity index (χ2v) is 6.24. The maximum absolute atomic E-state index is 13.4. The Bertz CT molecular complexity index is 443. The molecule has 0 amide bonds. The molecule has 0 radical (unpaired) electrons. The summed E-state index contributed by atoms with van der Waals surface area (Å²) in [5, 5.41) is 3.33. The smallest absolute Gasteiger partial charge is 0.123 e. The van der Waals surface area contributed by atoms with Gasteiger partial charge in [0.2, 0.25) is 0 Å². The van der Waals surface area contributed by atoms with Crippen LogP contribution in [0.4, 0.5) is 4.39 Å². The van der Waals surface area contributed by atoms with Gasteiger partial charge in [-0.1, -0.05) is 6.07 Å². The van der Waals surface area contributed by atoms with Crippen molar-refractivity contribution in [3.05, 3.63) is 35.1 Å². The molecule has 1 aromatic carbocycles. The van der Waals surface area contributed by atoms with Gasteiger partial charge in [-0.05, 0) is 82.9 Å². The molecule has 3 heteroatoms. The molecule has 0 aliphatic carbocycles. The van der Waals surface area contributed by atoms with Gasteiger partial charge in [0, 0.05) is 12.1 Å². The van der Waals surface area contributed by atoms with E-state index in [2.05, 4.69) is 24.1 Å². The van der Waals surface area contributed by atoms with Crippen molar-refractivity contribution >= 4 is 0 Å². The number of hydrogen-bond acceptors (Lipinski definition) is 2. The van der Waals surface area contributed by atoms with Gasteiger partial charge in [0.1, 0.15) is 5.82 Å². The highest BCUT2D eigenvalue weighted by atomic mass is 19.1. The number of rotatable bonds is 4. The number of hydrogen-bond donors (Lipinski definition) is 1. The Morgan fingerprint density at radius 1 is 1.40 bits per heavy atom. The monoisotopic (exact) mass is 278 g/mol. The summed E-state index contributed by atoms with van der Waals surface area (Å²) in [5.41, 5.74) is 2.36. The predicted molar refractivity (Wildman–Crippen MR) is 82.4 cm³/mol. The second-order valence-electron chi connectivity index (χ2n) is 6.24. The summed E-state index contributed by atoms with van der Waals surface area (Å²) in [6.07, 6.45) is 2.49. The molecule has 1 aromatic rings. The summed E-state index contributed by atoms with van der Waals surface area (Å²) in [7, 11) is 2.02. The number of nitrogens with one attached hydrogen (secondary N) is 1. The van der Waals surface area contributed by atoms with Gasteiger partial charge in [0.05, 0.1) is 0 Å². The zero-order valence-electron chi connectivity index (χ0n) is 13.1. The van der Waals surface area contributed by atoms with Crippen LogP contribution in [0.3, 0.4) is 0 Å². The van der Waals surface area contributed by atoms with Gasteiger partial charge in [0.25, 0.3) is 0 Å². The van der Waals surface area contributed by atoms with Gasteiger partial charge in [0.15, 0.2) is 0 Å². The van der Waals surface area contributed by atoms with E-state index in [1.54, 1.807) is 12.1 Å². The first kappa shape index (κ1) is 15.5. The van der Waals surface area contributed by atoms with Crippen LogP contribution in [0.2, 0.25) is 0 Å². The highest BCUT2D eigenvalue weighted by Crippen LogP contribution is 2.38. The van der Waals surface area contributed by atoms with Crippen LogP contribution in [0, 0.1) is 18.7 Å². The number of benzene rings is 1. The molecule has 2 unspecified atom stereocenters. The molecule has 1 saturated heterocycles. The standard InChI is InChI=1S/C17H27FN2/c1-12(2)20-9-5-6-14(11-19-4)17(20)16-8-7-15(18)10-13(16)3/h7-8,10,12,14,17,19H,5-6,9,11H2,1-4H3. The lowest BCUT2D eigenvalue weighted by atomic mass is 9.82. The van der Waals surface area contributed by atoms with Gasteiger partial charge >= 0.3 is 0 Å². The van der Waals surface area contributed by atoms with E-state index in [0.717, 1.165) is 18.7 Å². The minimum absolute atomic E-state index is 0.136. The van der Waals surface area contributed by atoms with Crippen LogP contribution in [-0.4, -0.2) is 31.1 Å². The Kier molecular flexibility index (Phi) is 5.17. The maximum Gasteiger partial charge on any atom is 0.123 e. The van der Waals surface area contributed by atoms with Gasteiger partial charge in [-0.2, -0.15) is 0 Å². The number of aryl methyl sites for hydroxylation is 1. The zero-order chi connectivity index (χ0) is 14.7. The van der Waals surface area contributed by atoms with E-state index in [1.165, 1.54) is 18.4 Å². The SMILES string of the molecule is CNCC1CCCN(C(C)C)C1c1ccc(F)cc1C. The molecule has 1 N–H and O–H groups in total. The molecule has 1 aliphatic rings. The summed E-state index contributed by atoms with van der Waals surface area (Å²) in [5.74, 6) is 0.462. The van der Waals surface area contributed by atoms with Gasteiger partial charge in [-0.15, -0.1) is 0 Å². The van der Waals surface area contributed by atoms with E-state index in [1.807, 2.05) is 20.0 Å². The van der Waals surface area contributed by atoms with Crippen LogP contribution >= 0.6 is 0 Å². The first-order valence-electron chi connectivity index (χ1n) is 7.71. The minimum Gasteiger partial charge on any atom is -0.319 e. The molecular formula is C17H27FN2. The van der Waals surface area contributed by atoms with Crippen molar-refractivity contribution in [2.75, 3.05) is 20.1 Å². The lowest BCUT2D eigenvalue weighted by Crippen LogP contribution is -2.45. The highest BCUT2D eigenvalue weighted by Gasteiger charge is 2.34. The van der Waals surface area contributed by atoms with Crippen LogP contribution in [-0.2, 0) is 0 Å². The summed E-state index contributed by atoms with van der Waals surface area (Å²) < 4.78 is 13.4. The molecule has 112 valence electrons. The van der Waals surface area contributed by atoms with Crippen LogP contribution in [0.25, 0.3) is 0 Å².